The van der Waals surface area contributed by atoms with Crippen LogP contribution in [0.1, 0.15) is 40.5 Å². The van der Waals surface area contributed by atoms with Gasteiger partial charge in [-0.25, -0.2) is 0 Å². The summed E-state index contributed by atoms with van der Waals surface area (Å²) in [5.41, 5.74) is 4.98. The second-order valence-electron chi connectivity index (χ2n) is 6.87. The Hall–Kier alpha value is -3.41. The minimum absolute atomic E-state index is 0.0115. The lowest BCUT2D eigenvalue weighted by molar-refractivity contribution is 0.0932. The van der Waals surface area contributed by atoms with E-state index in [0.29, 0.717) is 5.56 Å². The van der Waals surface area contributed by atoms with Crippen LogP contribution in [0.4, 0.5) is 0 Å². The van der Waals surface area contributed by atoms with Crippen LogP contribution in [0.15, 0.2) is 61.2 Å². The summed E-state index contributed by atoms with van der Waals surface area (Å²) in [6.45, 7) is 0. The van der Waals surface area contributed by atoms with E-state index in [4.69, 9.17) is 0 Å². The number of H-pyrrole nitrogens is 1. The maximum atomic E-state index is 13.1. The van der Waals surface area contributed by atoms with Gasteiger partial charge in [-0.05, 0) is 43.0 Å². The largest absolute Gasteiger partial charge is 0.356 e. The molecule has 2 heterocycles. The average molecular weight is 357 g/mol. The summed E-state index contributed by atoms with van der Waals surface area (Å²) >= 11 is 0. The van der Waals surface area contributed by atoms with Gasteiger partial charge in [0.05, 0.1) is 17.3 Å². The molecule has 134 valence electrons. The van der Waals surface area contributed by atoms with Crippen molar-refractivity contribution in [2.24, 2.45) is 0 Å². The molecule has 0 fully saturated rings. The normalized spacial score (nSPS) is 16.2. The molecule has 27 heavy (non-hydrogen) atoms. The van der Waals surface area contributed by atoms with Gasteiger partial charge in [-0.2, -0.15) is 0 Å². The maximum Gasteiger partial charge on any atom is 0.253 e. The molecule has 1 unspecified atom stereocenters. The zero-order valence-corrected chi connectivity index (χ0v) is 14.7. The highest BCUT2D eigenvalue weighted by Gasteiger charge is 2.26. The molecule has 2 N–H and O–H groups in total. The van der Waals surface area contributed by atoms with Gasteiger partial charge in [-0.3, -0.25) is 9.36 Å². The molecule has 1 aliphatic rings. The third-order valence-electron chi connectivity index (χ3n) is 5.27. The standard InChI is InChI=1S/C21H19N5O/c27-21(16-7-2-4-11-19(16)26-12-22-23-13-26)25-18-10-5-8-15-14-6-1-3-9-17(14)24-20(15)18/h1-4,6-7,9,11-13,18,24H,5,8,10H2,(H,25,27). The van der Waals surface area contributed by atoms with E-state index in [1.54, 1.807) is 17.2 Å². The highest BCUT2D eigenvalue weighted by atomic mass is 16.1. The first kappa shape index (κ1) is 15.8. The Kier molecular flexibility index (Phi) is 3.74. The highest BCUT2D eigenvalue weighted by molar-refractivity contribution is 5.98. The first-order valence-electron chi connectivity index (χ1n) is 9.15. The predicted octanol–water partition coefficient (Wildman–Crippen LogP) is 3.56. The molecular weight excluding hydrogens is 338 g/mol. The molecule has 0 saturated carbocycles. The lowest BCUT2D eigenvalue weighted by Crippen LogP contribution is -2.31. The first-order chi connectivity index (χ1) is 13.3. The molecule has 2 aromatic carbocycles. The lowest BCUT2D eigenvalue weighted by Gasteiger charge is -2.24. The van der Waals surface area contributed by atoms with Crippen molar-refractivity contribution in [3.8, 4) is 5.69 Å². The van der Waals surface area contributed by atoms with Crippen LogP contribution >= 0.6 is 0 Å². The van der Waals surface area contributed by atoms with Crippen LogP contribution in [0, 0.1) is 0 Å². The van der Waals surface area contributed by atoms with Crippen LogP contribution in [-0.2, 0) is 6.42 Å². The zero-order chi connectivity index (χ0) is 18.2. The van der Waals surface area contributed by atoms with Crippen LogP contribution in [0.3, 0.4) is 0 Å². The van der Waals surface area contributed by atoms with Crippen molar-refractivity contribution in [2.45, 2.75) is 25.3 Å². The van der Waals surface area contributed by atoms with Gasteiger partial charge in [-0.15, -0.1) is 10.2 Å². The van der Waals surface area contributed by atoms with Gasteiger partial charge in [0.15, 0.2) is 0 Å². The molecule has 1 aliphatic carbocycles. The van der Waals surface area contributed by atoms with Gasteiger partial charge in [0.25, 0.3) is 5.91 Å². The number of hydrogen-bond donors (Lipinski definition) is 2. The molecule has 4 aromatic rings. The Balaban J connectivity index is 1.48. The number of carbonyl (C=O) groups excluding carboxylic acids is 1. The van der Waals surface area contributed by atoms with Crippen LogP contribution in [0.25, 0.3) is 16.6 Å². The Morgan fingerprint density at radius 3 is 2.74 bits per heavy atom. The number of aryl methyl sites for hydroxylation is 1. The minimum atomic E-state index is -0.0872. The van der Waals surface area contributed by atoms with E-state index in [2.05, 4.69) is 38.7 Å². The topological polar surface area (TPSA) is 75.6 Å². The number of aromatic amines is 1. The van der Waals surface area contributed by atoms with Gasteiger partial charge in [0.2, 0.25) is 0 Å². The number of nitrogens with one attached hydrogen (secondary N) is 2. The van der Waals surface area contributed by atoms with E-state index in [1.807, 2.05) is 30.3 Å². The van der Waals surface area contributed by atoms with Crippen molar-refractivity contribution in [1.29, 1.82) is 0 Å². The summed E-state index contributed by atoms with van der Waals surface area (Å²) in [6.07, 6.45) is 6.24. The van der Waals surface area contributed by atoms with Gasteiger partial charge < -0.3 is 10.3 Å². The fourth-order valence-corrected chi connectivity index (χ4v) is 4.01. The fraction of sp³-hybridized carbons (Fsp3) is 0.190. The summed E-state index contributed by atoms with van der Waals surface area (Å²) in [5.74, 6) is -0.0872. The molecule has 0 bridgehead atoms. The maximum absolute atomic E-state index is 13.1. The van der Waals surface area contributed by atoms with E-state index < -0.39 is 0 Å². The number of para-hydroxylation sites is 2. The van der Waals surface area contributed by atoms with Gasteiger partial charge in [0, 0.05) is 16.6 Å². The zero-order valence-electron chi connectivity index (χ0n) is 14.7. The van der Waals surface area contributed by atoms with E-state index in [9.17, 15) is 4.79 Å². The van der Waals surface area contributed by atoms with E-state index in [-0.39, 0.29) is 11.9 Å². The molecule has 0 radical (unpaired) electrons. The molecule has 0 saturated heterocycles. The number of fused-ring (bicyclic) bond motifs is 3. The van der Waals surface area contributed by atoms with Crippen LogP contribution in [-0.4, -0.2) is 25.7 Å². The van der Waals surface area contributed by atoms with Crippen LogP contribution in [0.2, 0.25) is 0 Å². The lowest BCUT2D eigenvalue weighted by atomic mass is 9.91. The predicted molar refractivity (Wildman–Crippen MR) is 103 cm³/mol. The molecule has 1 atom stereocenters. The van der Waals surface area contributed by atoms with Crippen molar-refractivity contribution in [1.82, 2.24) is 25.1 Å². The fourth-order valence-electron chi connectivity index (χ4n) is 4.01. The summed E-state index contributed by atoms with van der Waals surface area (Å²) in [6, 6.07) is 15.8. The monoisotopic (exact) mass is 357 g/mol. The molecule has 6 heteroatoms. The van der Waals surface area contributed by atoms with Crippen molar-refractivity contribution in [2.75, 3.05) is 0 Å². The molecule has 0 aliphatic heterocycles. The Morgan fingerprint density at radius 2 is 1.85 bits per heavy atom. The molecule has 5 rings (SSSR count). The van der Waals surface area contributed by atoms with Crippen molar-refractivity contribution < 1.29 is 4.79 Å². The summed E-state index contributed by atoms with van der Waals surface area (Å²) < 4.78 is 1.75. The third kappa shape index (κ3) is 2.70. The number of nitrogens with zero attached hydrogens (tertiary/aromatic N) is 3. The summed E-state index contributed by atoms with van der Waals surface area (Å²) in [4.78, 5) is 16.6. The van der Waals surface area contributed by atoms with E-state index >= 15 is 0 Å². The molecular formula is C21H19N5O. The summed E-state index contributed by atoms with van der Waals surface area (Å²) in [5, 5.41) is 12.2. The molecule has 2 aromatic heterocycles. The van der Waals surface area contributed by atoms with E-state index in [0.717, 1.165) is 36.2 Å². The average Bonchev–Trinajstić information content (AvgIpc) is 3.36. The van der Waals surface area contributed by atoms with Gasteiger partial charge in [0.1, 0.15) is 12.7 Å². The van der Waals surface area contributed by atoms with Gasteiger partial charge in [-0.1, -0.05) is 30.3 Å². The minimum Gasteiger partial charge on any atom is -0.356 e. The second kappa shape index (κ2) is 6.39. The quantitative estimate of drug-likeness (QED) is 0.589. The highest BCUT2D eigenvalue weighted by Crippen LogP contribution is 2.34. The summed E-state index contributed by atoms with van der Waals surface area (Å²) in [7, 11) is 0. The molecule has 6 nitrogen and oxygen atoms in total. The molecule has 1 amide bonds. The number of carbonyl (C=O) groups is 1. The Labute approximate surface area is 156 Å². The molecule has 0 spiro atoms. The number of amides is 1. The number of benzene rings is 2. The number of aromatic nitrogens is 4. The van der Waals surface area contributed by atoms with Gasteiger partial charge >= 0.3 is 0 Å². The van der Waals surface area contributed by atoms with Crippen molar-refractivity contribution in [3.05, 3.63) is 78.0 Å². The second-order valence-corrected chi connectivity index (χ2v) is 6.87. The first-order valence-corrected chi connectivity index (χ1v) is 9.15. The number of rotatable bonds is 3. The Bertz CT molecular complexity index is 1110. The smallest absolute Gasteiger partial charge is 0.253 e. The third-order valence-corrected chi connectivity index (χ3v) is 5.27. The van der Waals surface area contributed by atoms with Crippen LogP contribution < -0.4 is 5.32 Å². The van der Waals surface area contributed by atoms with Crippen molar-refractivity contribution >= 4 is 16.8 Å². The SMILES string of the molecule is O=C(NC1CCCc2c1[nH]c1ccccc21)c1ccccc1-n1cnnc1. The van der Waals surface area contributed by atoms with Crippen molar-refractivity contribution in [3.63, 3.8) is 0 Å². The number of hydrogen-bond acceptors (Lipinski definition) is 3. The van der Waals surface area contributed by atoms with Crippen LogP contribution in [0.5, 0.6) is 0 Å². The van der Waals surface area contributed by atoms with E-state index in [1.165, 1.54) is 10.9 Å². The Morgan fingerprint density at radius 1 is 1.07 bits per heavy atom.